The molecule has 1 atom stereocenters. The Hall–Kier alpha value is -1.81. The van der Waals surface area contributed by atoms with E-state index in [2.05, 4.69) is 10.2 Å². The van der Waals surface area contributed by atoms with Gasteiger partial charge in [-0.2, -0.15) is 10.2 Å². The first-order valence-electron chi connectivity index (χ1n) is 5.61. The molecule has 0 heterocycles. The van der Waals surface area contributed by atoms with E-state index in [1.54, 1.807) is 19.1 Å². The number of rotatable bonds is 3. The molecule has 0 aliphatic carbocycles. The summed E-state index contributed by atoms with van der Waals surface area (Å²) in [6.07, 6.45) is 0. The second-order valence-electron chi connectivity index (χ2n) is 4.14. The summed E-state index contributed by atoms with van der Waals surface area (Å²) in [4.78, 5) is -1.10. The zero-order chi connectivity index (χ0) is 13.9. The molecule has 19 heavy (non-hydrogen) atoms. The van der Waals surface area contributed by atoms with Gasteiger partial charge in [-0.15, -0.1) is 0 Å². The van der Waals surface area contributed by atoms with Crippen LogP contribution in [0.4, 0.5) is 14.5 Å². The number of halogens is 3. The van der Waals surface area contributed by atoms with Crippen molar-refractivity contribution in [1.82, 2.24) is 0 Å². The average molecular weight is 281 g/mol. The Kier molecular flexibility index (Phi) is 3.90. The van der Waals surface area contributed by atoms with E-state index in [1.807, 2.05) is 0 Å². The summed E-state index contributed by atoms with van der Waals surface area (Å²) in [5, 5.41) is 7.95. The third-order valence-corrected chi connectivity index (χ3v) is 2.84. The van der Waals surface area contributed by atoms with E-state index >= 15 is 0 Å². The fourth-order valence-electron chi connectivity index (χ4n) is 1.47. The van der Waals surface area contributed by atoms with E-state index in [4.69, 9.17) is 11.6 Å². The largest absolute Gasteiger partial charge is 0.207 e. The van der Waals surface area contributed by atoms with Gasteiger partial charge in [-0.1, -0.05) is 23.7 Å². The van der Waals surface area contributed by atoms with Crippen LogP contribution in [0.3, 0.4) is 0 Å². The van der Waals surface area contributed by atoms with Gasteiger partial charge >= 0.3 is 0 Å². The van der Waals surface area contributed by atoms with Crippen LogP contribution in [0, 0.1) is 11.6 Å². The van der Waals surface area contributed by atoms with Crippen molar-refractivity contribution in [3.8, 4) is 0 Å². The smallest absolute Gasteiger partial charge is 0.177 e. The highest BCUT2D eigenvalue weighted by molar-refractivity contribution is 6.23. The molecule has 0 aromatic heterocycles. The van der Waals surface area contributed by atoms with E-state index < -0.39 is 5.00 Å². The minimum Gasteiger partial charge on any atom is -0.207 e. The molecule has 2 rings (SSSR count). The van der Waals surface area contributed by atoms with Crippen LogP contribution < -0.4 is 0 Å². The maximum Gasteiger partial charge on any atom is 0.177 e. The van der Waals surface area contributed by atoms with Crippen molar-refractivity contribution in [2.45, 2.75) is 11.9 Å². The number of alkyl halides is 1. The van der Waals surface area contributed by atoms with Crippen LogP contribution in [-0.2, 0) is 5.00 Å². The second-order valence-corrected chi connectivity index (χ2v) is 4.87. The molecule has 0 bridgehead atoms. The molecule has 0 aliphatic heterocycles. The highest BCUT2D eigenvalue weighted by Gasteiger charge is 2.22. The summed E-state index contributed by atoms with van der Waals surface area (Å²) in [7, 11) is 0. The topological polar surface area (TPSA) is 24.7 Å². The Morgan fingerprint density at radius 1 is 0.895 bits per heavy atom. The quantitative estimate of drug-likeness (QED) is 0.421. The highest BCUT2D eigenvalue weighted by Crippen LogP contribution is 2.31. The molecule has 0 amide bonds. The zero-order valence-electron chi connectivity index (χ0n) is 10.1. The van der Waals surface area contributed by atoms with Crippen molar-refractivity contribution in [3.63, 3.8) is 0 Å². The molecule has 0 radical (unpaired) electrons. The lowest BCUT2D eigenvalue weighted by atomic mass is 10.1. The van der Waals surface area contributed by atoms with Crippen molar-refractivity contribution in [2.75, 3.05) is 0 Å². The molecule has 0 saturated heterocycles. The molecular formula is C14H11ClF2N2. The molecule has 2 aromatic rings. The van der Waals surface area contributed by atoms with Crippen LogP contribution in [0.2, 0.25) is 0 Å². The molecule has 0 saturated carbocycles. The van der Waals surface area contributed by atoms with Gasteiger partial charge in [-0.05, 0) is 48.9 Å². The van der Waals surface area contributed by atoms with E-state index in [9.17, 15) is 8.78 Å². The minimum atomic E-state index is -1.10. The third-order valence-electron chi connectivity index (χ3n) is 2.55. The predicted molar refractivity (Wildman–Crippen MR) is 70.5 cm³/mol. The van der Waals surface area contributed by atoms with Crippen LogP contribution in [0.15, 0.2) is 58.8 Å². The van der Waals surface area contributed by atoms with Gasteiger partial charge in [0, 0.05) is 0 Å². The first kappa shape index (κ1) is 13.6. The van der Waals surface area contributed by atoms with Crippen molar-refractivity contribution in [1.29, 1.82) is 0 Å². The van der Waals surface area contributed by atoms with E-state index in [0.717, 1.165) is 0 Å². The van der Waals surface area contributed by atoms with Gasteiger partial charge in [0.25, 0.3) is 0 Å². The molecule has 98 valence electrons. The SMILES string of the molecule is CC(Cl)(N=Nc1ccc(F)cc1)c1ccc(F)cc1. The Labute approximate surface area is 114 Å². The van der Waals surface area contributed by atoms with E-state index in [1.165, 1.54) is 36.4 Å². The van der Waals surface area contributed by atoms with E-state index in [-0.39, 0.29) is 11.6 Å². The monoisotopic (exact) mass is 280 g/mol. The van der Waals surface area contributed by atoms with Crippen LogP contribution in [-0.4, -0.2) is 0 Å². The van der Waals surface area contributed by atoms with Gasteiger partial charge in [0.2, 0.25) is 0 Å². The zero-order valence-corrected chi connectivity index (χ0v) is 10.9. The van der Waals surface area contributed by atoms with Crippen LogP contribution in [0.5, 0.6) is 0 Å². The maximum absolute atomic E-state index is 12.8. The second kappa shape index (κ2) is 5.45. The van der Waals surface area contributed by atoms with Crippen LogP contribution in [0.25, 0.3) is 0 Å². The molecule has 0 N–H and O–H groups in total. The molecule has 5 heteroatoms. The summed E-state index contributed by atoms with van der Waals surface area (Å²) in [5.74, 6) is -0.683. The predicted octanol–water partition coefficient (Wildman–Crippen LogP) is 5.16. The summed E-state index contributed by atoms with van der Waals surface area (Å²) in [5.41, 5.74) is 1.12. The van der Waals surface area contributed by atoms with E-state index in [0.29, 0.717) is 11.3 Å². The van der Waals surface area contributed by atoms with Crippen molar-refractivity contribution in [2.24, 2.45) is 10.2 Å². The van der Waals surface area contributed by atoms with Gasteiger partial charge in [0.15, 0.2) is 5.00 Å². The number of benzene rings is 2. The standard InChI is InChI=1S/C14H11ClF2N2/c1-14(15,10-2-4-11(16)5-3-10)19-18-13-8-6-12(17)7-9-13/h2-9H,1H3. The first-order valence-corrected chi connectivity index (χ1v) is 5.98. The number of hydrogen-bond donors (Lipinski definition) is 0. The number of azo groups is 1. The molecule has 0 spiro atoms. The lowest BCUT2D eigenvalue weighted by molar-refractivity contribution is 0.621. The molecule has 2 nitrogen and oxygen atoms in total. The van der Waals surface area contributed by atoms with Crippen LogP contribution in [0.1, 0.15) is 12.5 Å². The molecule has 1 unspecified atom stereocenters. The maximum atomic E-state index is 12.8. The Bertz CT molecular complexity index is 577. The lowest BCUT2D eigenvalue weighted by Gasteiger charge is -2.15. The molecular weight excluding hydrogens is 270 g/mol. The first-order chi connectivity index (χ1) is 8.97. The number of nitrogens with zero attached hydrogens (tertiary/aromatic N) is 2. The van der Waals surface area contributed by atoms with Gasteiger partial charge in [0.1, 0.15) is 11.6 Å². The summed E-state index contributed by atoms with van der Waals surface area (Å²) in [6, 6.07) is 11.3. The minimum absolute atomic E-state index is 0.341. The average Bonchev–Trinajstić information content (AvgIpc) is 2.39. The molecule has 2 aromatic carbocycles. The van der Waals surface area contributed by atoms with Gasteiger partial charge in [-0.25, -0.2) is 8.78 Å². The number of hydrogen-bond acceptors (Lipinski definition) is 2. The van der Waals surface area contributed by atoms with Gasteiger partial charge in [0.05, 0.1) is 5.69 Å². The summed E-state index contributed by atoms with van der Waals surface area (Å²) in [6.45, 7) is 1.65. The fourth-order valence-corrected chi connectivity index (χ4v) is 1.63. The third kappa shape index (κ3) is 3.58. The van der Waals surface area contributed by atoms with Gasteiger partial charge in [-0.3, -0.25) is 0 Å². The van der Waals surface area contributed by atoms with Crippen LogP contribution >= 0.6 is 11.6 Å². The molecule has 0 fully saturated rings. The van der Waals surface area contributed by atoms with Gasteiger partial charge < -0.3 is 0 Å². The Morgan fingerprint density at radius 2 is 1.37 bits per heavy atom. The van der Waals surface area contributed by atoms with Crippen molar-refractivity contribution >= 4 is 17.3 Å². The summed E-state index contributed by atoms with van der Waals surface area (Å²) >= 11 is 6.24. The lowest BCUT2D eigenvalue weighted by Crippen LogP contribution is -2.09. The Morgan fingerprint density at radius 3 is 1.89 bits per heavy atom. The van der Waals surface area contributed by atoms with Crippen molar-refractivity contribution in [3.05, 3.63) is 65.7 Å². The molecule has 0 aliphatic rings. The van der Waals surface area contributed by atoms with Crippen molar-refractivity contribution < 1.29 is 8.78 Å². The summed E-state index contributed by atoms with van der Waals surface area (Å²) < 4.78 is 25.6. The Balaban J connectivity index is 2.20. The fraction of sp³-hybridized carbons (Fsp3) is 0.143. The highest BCUT2D eigenvalue weighted by atomic mass is 35.5. The normalized spacial score (nSPS) is 14.5.